The molecular formula is C16H31N. The Morgan fingerprint density at radius 1 is 1.06 bits per heavy atom. The molecule has 2 fully saturated rings. The Labute approximate surface area is 108 Å². The smallest absolute Gasteiger partial charge is 0.00178 e. The number of hydrogen-bond donors (Lipinski definition) is 1. The highest BCUT2D eigenvalue weighted by atomic mass is 14.6. The van der Waals surface area contributed by atoms with Gasteiger partial charge in [0.05, 0.1) is 0 Å². The molecular weight excluding hydrogens is 206 g/mol. The minimum Gasteiger partial charge on any atom is -0.330 e. The van der Waals surface area contributed by atoms with E-state index in [1.807, 2.05) is 0 Å². The molecule has 2 unspecified atom stereocenters. The van der Waals surface area contributed by atoms with Gasteiger partial charge >= 0.3 is 0 Å². The molecule has 100 valence electrons. The van der Waals surface area contributed by atoms with Crippen molar-refractivity contribution in [2.45, 2.75) is 71.6 Å². The van der Waals surface area contributed by atoms with Gasteiger partial charge in [0.25, 0.3) is 0 Å². The highest BCUT2D eigenvalue weighted by molar-refractivity contribution is 4.95. The van der Waals surface area contributed by atoms with Gasteiger partial charge in [-0.25, -0.2) is 0 Å². The van der Waals surface area contributed by atoms with E-state index in [0.29, 0.717) is 5.41 Å². The Morgan fingerprint density at radius 2 is 1.71 bits per heavy atom. The second kappa shape index (κ2) is 5.73. The van der Waals surface area contributed by atoms with Crippen molar-refractivity contribution in [2.24, 2.45) is 28.9 Å². The maximum Gasteiger partial charge on any atom is -0.00178 e. The molecule has 0 saturated heterocycles. The summed E-state index contributed by atoms with van der Waals surface area (Å²) < 4.78 is 0. The number of rotatable bonds is 3. The van der Waals surface area contributed by atoms with Gasteiger partial charge in [0.1, 0.15) is 0 Å². The van der Waals surface area contributed by atoms with Crippen molar-refractivity contribution < 1.29 is 0 Å². The van der Waals surface area contributed by atoms with Crippen molar-refractivity contribution in [3.05, 3.63) is 0 Å². The van der Waals surface area contributed by atoms with Crippen LogP contribution in [0.1, 0.15) is 71.6 Å². The second-order valence-electron chi connectivity index (χ2n) is 6.81. The summed E-state index contributed by atoms with van der Waals surface area (Å²) in [5.41, 5.74) is 6.75. The van der Waals surface area contributed by atoms with Crippen LogP contribution in [-0.4, -0.2) is 6.54 Å². The van der Waals surface area contributed by atoms with Gasteiger partial charge in [0.2, 0.25) is 0 Å². The van der Waals surface area contributed by atoms with Crippen molar-refractivity contribution in [3.63, 3.8) is 0 Å². The van der Waals surface area contributed by atoms with E-state index in [4.69, 9.17) is 5.73 Å². The highest BCUT2D eigenvalue weighted by Crippen LogP contribution is 2.51. The third-order valence-electron chi connectivity index (χ3n) is 5.90. The first-order valence-electron chi connectivity index (χ1n) is 7.92. The van der Waals surface area contributed by atoms with E-state index in [1.165, 1.54) is 57.8 Å². The molecule has 2 saturated carbocycles. The maximum atomic E-state index is 6.23. The van der Waals surface area contributed by atoms with Crippen LogP contribution in [0.3, 0.4) is 0 Å². The molecule has 2 N–H and O–H groups in total. The molecule has 0 spiro atoms. The van der Waals surface area contributed by atoms with E-state index in [9.17, 15) is 0 Å². The van der Waals surface area contributed by atoms with Gasteiger partial charge in [-0.1, -0.05) is 52.4 Å². The topological polar surface area (TPSA) is 26.0 Å². The fraction of sp³-hybridized carbons (Fsp3) is 1.00. The lowest BCUT2D eigenvalue weighted by Gasteiger charge is -2.49. The molecule has 17 heavy (non-hydrogen) atoms. The fourth-order valence-electron chi connectivity index (χ4n) is 4.57. The summed E-state index contributed by atoms with van der Waals surface area (Å²) in [7, 11) is 0. The minimum absolute atomic E-state index is 0.521. The van der Waals surface area contributed by atoms with Gasteiger partial charge in [-0.2, -0.15) is 0 Å². The summed E-state index contributed by atoms with van der Waals surface area (Å²) in [5, 5.41) is 0. The maximum absolute atomic E-state index is 6.23. The van der Waals surface area contributed by atoms with Crippen LogP contribution >= 0.6 is 0 Å². The van der Waals surface area contributed by atoms with E-state index < -0.39 is 0 Å². The van der Waals surface area contributed by atoms with E-state index in [2.05, 4.69) is 13.8 Å². The lowest BCUT2D eigenvalue weighted by Crippen LogP contribution is -2.45. The van der Waals surface area contributed by atoms with Gasteiger partial charge in [-0.15, -0.1) is 0 Å². The third-order valence-corrected chi connectivity index (χ3v) is 5.90. The van der Waals surface area contributed by atoms with Crippen LogP contribution in [0.2, 0.25) is 0 Å². The molecule has 0 aromatic heterocycles. The molecule has 0 aromatic rings. The zero-order valence-corrected chi connectivity index (χ0v) is 11.9. The van der Waals surface area contributed by atoms with E-state index >= 15 is 0 Å². The first-order valence-corrected chi connectivity index (χ1v) is 7.92. The van der Waals surface area contributed by atoms with Crippen LogP contribution in [0.4, 0.5) is 0 Å². The Morgan fingerprint density at radius 3 is 2.29 bits per heavy atom. The van der Waals surface area contributed by atoms with Gasteiger partial charge in [0.15, 0.2) is 0 Å². The lowest BCUT2D eigenvalue weighted by molar-refractivity contribution is 0.0198. The summed E-state index contributed by atoms with van der Waals surface area (Å²) in [4.78, 5) is 0. The van der Waals surface area contributed by atoms with Crippen LogP contribution in [0.15, 0.2) is 0 Å². The molecule has 1 heteroatoms. The van der Waals surface area contributed by atoms with Gasteiger partial charge in [0, 0.05) is 0 Å². The fourth-order valence-corrected chi connectivity index (χ4v) is 4.57. The first-order chi connectivity index (χ1) is 8.22. The van der Waals surface area contributed by atoms with Crippen LogP contribution in [0.5, 0.6) is 0 Å². The molecule has 0 aromatic carbocycles. The van der Waals surface area contributed by atoms with Crippen molar-refractivity contribution in [3.8, 4) is 0 Å². The average molecular weight is 237 g/mol. The van der Waals surface area contributed by atoms with E-state index in [1.54, 1.807) is 0 Å². The molecule has 0 amide bonds. The number of hydrogen-bond acceptors (Lipinski definition) is 1. The number of nitrogens with two attached hydrogens (primary N) is 1. The van der Waals surface area contributed by atoms with Gasteiger partial charge < -0.3 is 5.73 Å². The average Bonchev–Trinajstić information content (AvgIpc) is 2.40. The molecule has 0 aliphatic heterocycles. The molecule has 0 radical (unpaired) electrons. The molecule has 2 aliphatic rings. The van der Waals surface area contributed by atoms with Gasteiger partial charge in [-0.05, 0) is 49.0 Å². The highest BCUT2D eigenvalue weighted by Gasteiger charge is 2.43. The van der Waals surface area contributed by atoms with Crippen LogP contribution < -0.4 is 5.73 Å². The Balaban J connectivity index is 2.09. The largest absolute Gasteiger partial charge is 0.330 e. The second-order valence-corrected chi connectivity index (χ2v) is 6.81. The summed E-state index contributed by atoms with van der Waals surface area (Å²) in [6.07, 6.45) is 12.9. The molecule has 2 atom stereocenters. The Hall–Kier alpha value is -0.0400. The summed E-state index contributed by atoms with van der Waals surface area (Å²) in [6.45, 7) is 5.75. The van der Waals surface area contributed by atoms with Crippen molar-refractivity contribution in [1.29, 1.82) is 0 Å². The summed E-state index contributed by atoms with van der Waals surface area (Å²) in [6, 6.07) is 0. The zero-order chi connectivity index (χ0) is 12.3. The van der Waals surface area contributed by atoms with Crippen molar-refractivity contribution in [2.75, 3.05) is 6.54 Å². The molecule has 2 rings (SSSR count). The van der Waals surface area contributed by atoms with Crippen LogP contribution in [0, 0.1) is 23.2 Å². The quantitative estimate of drug-likeness (QED) is 0.775. The monoisotopic (exact) mass is 237 g/mol. The SMILES string of the molecule is CCC1CCCCC1C1(CN)CCC(C)CC1. The summed E-state index contributed by atoms with van der Waals surface area (Å²) in [5.74, 6) is 2.86. The molecule has 1 nitrogen and oxygen atoms in total. The Kier molecular flexibility index (Phi) is 4.52. The first kappa shape index (κ1) is 13.4. The predicted molar refractivity (Wildman–Crippen MR) is 74.9 cm³/mol. The van der Waals surface area contributed by atoms with Gasteiger partial charge in [-0.3, -0.25) is 0 Å². The molecule has 0 bridgehead atoms. The van der Waals surface area contributed by atoms with Crippen molar-refractivity contribution in [1.82, 2.24) is 0 Å². The normalized spacial score (nSPS) is 43.6. The minimum atomic E-state index is 0.521. The van der Waals surface area contributed by atoms with Crippen LogP contribution in [-0.2, 0) is 0 Å². The molecule has 2 aliphatic carbocycles. The molecule has 0 heterocycles. The van der Waals surface area contributed by atoms with E-state index in [0.717, 1.165) is 24.3 Å². The standard InChI is InChI=1S/C16H31N/c1-3-14-6-4-5-7-15(14)16(12-17)10-8-13(2)9-11-16/h13-15H,3-12,17H2,1-2H3. The lowest BCUT2D eigenvalue weighted by atomic mass is 9.57. The van der Waals surface area contributed by atoms with Crippen LogP contribution in [0.25, 0.3) is 0 Å². The Bertz CT molecular complexity index is 228. The van der Waals surface area contributed by atoms with E-state index in [-0.39, 0.29) is 0 Å². The predicted octanol–water partition coefficient (Wildman–Crippen LogP) is 4.36. The third kappa shape index (κ3) is 2.70. The van der Waals surface area contributed by atoms with Crippen molar-refractivity contribution >= 4 is 0 Å². The zero-order valence-electron chi connectivity index (χ0n) is 11.9. The summed E-state index contributed by atoms with van der Waals surface area (Å²) >= 11 is 0.